The summed E-state index contributed by atoms with van der Waals surface area (Å²) in [6, 6.07) is 11.0. The van der Waals surface area contributed by atoms with E-state index in [1.165, 1.54) is 6.92 Å². The van der Waals surface area contributed by atoms with E-state index >= 15 is 0 Å². The maximum Gasteiger partial charge on any atom is 0.363 e. The van der Waals surface area contributed by atoms with Gasteiger partial charge in [0.2, 0.25) is 5.90 Å². The largest absolute Gasteiger partial charge is 0.424 e. The minimum absolute atomic E-state index is 0.194. The molecule has 2 aromatic carbocycles. The Morgan fingerprint density at radius 2 is 1.77 bits per heavy atom. The number of carbonyl (C=O) groups is 2. The molecule has 132 valence electrons. The van der Waals surface area contributed by atoms with E-state index in [-0.39, 0.29) is 11.6 Å². The first-order chi connectivity index (χ1) is 12.3. The fourth-order valence-corrected chi connectivity index (χ4v) is 3.67. The summed E-state index contributed by atoms with van der Waals surface area (Å²) in [6.45, 7) is 3.30. The van der Waals surface area contributed by atoms with Crippen molar-refractivity contribution in [3.63, 3.8) is 0 Å². The first kappa shape index (κ1) is 18.5. The minimum Gasteiger partial charge on any atom is -0.424 e. The van der Waals surface area contributed by atoms with Crippen molar-refractivity contribution in [1.29, 1.82) is 0 Å². The standard InChI is InChI=1S/C19H13Br2NO4/c1-10-3-5-13(6-4-10)18-22-16(19(24)26-18)9-12-7-14(20)17(15(21)8-12)25-11(2)23/h3-9H,1-2H3/b16-9+. The maximum atomic E-state index is 12.1. The summed E-state index contributed by atoms with van der Waals surface area (Å²) < 4.78 is 11.5. The fourth-order valence-electron chi connectivity index (χ4n) is 2.29. The lowest BCUT2D eigenvalue weighted by atomic mass is 10.1. The summed E-state index contributed by atoms with van der Waals surface area (Å²) in [5.74, 6) is -0.297. The van der Waals surface area contributed by atoms with Crippen molar-refractivity contribution in [2.75, 3.05) is 0 Å². The molecule has 0 aromatic heterocycles. The molecular formula is C19H13Br2NO4. The van der Waals surface area contributed by atoms with Crippen LogP contribution in [-0.4, -0.2) is 17.8 Å². The van der Waals surface area contributed by atoms with Crippen molar-refractivity contribution in [1.82, 2.24) is 0 Å². The van der Waals surface area contributed by atoms with Crippen molar-refractivity contribution in [3.05, 3.63) is 67.7 Å². The van der Waals surface area contributed by atoms with Gasteiger partial charge in [0.25, 0.3) is 0 Å². The highest BCUT2D eigenvalue weighted by molar-refractivity contribution is 9.11. The van der Waals surface area contributed by atoms with E-state index in [9.17, 15) is 9.59 Å². The highest BCUT2D eigenvalue weighted by Crippen LogP contribution is 2.35. The van der Waals surface area contributed by atoms with Gasteiger partial charge >= 0.3 is 11.9 Å². The predicted octanol–water partition coefficient (Wildman–Crippen LogP) is 4.79. The van der Waals surface area contributed by atoms with Gasteiger partial charge in [-0.05, 0) is 74.7 Å². The van der Waals surface area contributed by atoms with Crippen molar-refractivity contribution in [2.45, 2.75) is 13.8 Å². The highest BCUT2D eigenvalue weighted by atomic mass is 79.9. The zero-order valence-corrected chi connectivity index (χ0v) is 17.0. The number of esters is 2. The third-order valence-electron chi connectivity index (χ3n) is 3.49. The lowest BCUT2D eigenvalue weighted by molar-refractivity contribution is -0.132. The first-order valence-electron chi connectivity index (χ1n) is 7.60. The number of ether oxygens (including phenoxy) is 2. The molecule has 2 aromatic rings. The van der Waals surface area contributed by atoms with Crippen LogP contribution in [0.5, 0.6) is 5.75 Å². The van der Waals surface area contributed by atoms with E-state index in [2.05, 4.69) is 36.9 Å². The Morgan fingerprint density at radius 3 is 2.35 bits per heavy atom. The lowest BCUT2D eigenvalue weighted by Gasteiger charge is -2.08. The zero-order chi connectivity index (χ0) is 18.8. The van der Waals surface area contributed by atoms with E-state index < -0.39 is 11.9 Å². The smallest absolute Gasteiger partial charge is 0.363 e. The summed E-state index contributed by atoms with van der Waals surface area (Å²) in [6.07, 6.45) is 1.61. The van der Waals surface area contributed by atoms with Gasteiger partial charge in [0.15, 0.2) is 11.4 Å². The van der Waals surface area contributed by atoms with E-state index in [0.29, 0.717) is 20.3 Å². The van der Waals surface area contributed by atoms with Crippen LogP contribution in [-0.2, 0) is 14.3 Å². The van der Waals surface area contributed by atoms with E-state index in [0.717, 1.165) is 11.1 Å². The van der Waals surface area contributed by atoms with E-state index in [1.807, 2.05) is 31.2 Å². The van der Waals surface area contributed by atoms with Crippen LogP contribution in [0.4, 0.5) is 0 Å². The number of halogens is 2. The average molecular weight is 479 g/mol. The summed E-state index contributed by atoms with van der Waals surface area (Å²) in [7, 11) is 0. The molecule has 0 N–H and O–H groups in total. The van der Waals surface area contributed by atoms with E-state index in [4.69, 9.17) is 9.47 Å². The van der Waals surface area contributed by atoms with Gasteiger partial charge in [-0.1, -0.05) is 17.7 Å². The average Bonchev–Trinajstić information content (AvgIpc) is 2.92. The topological polar surface area (TPSA) is 65.0 Å². The van der Waals surface area contributed by atoms with Crippen LogP contribution < -0.4 is 4.74 Å². The number of hydrogen-bond acceptors (Lipinski definition) is 5. The van der Waals surface area contributed by atoms with Gasteiger partial charge in [-0.3, -0.25) is 4.79 Å². The van der Waals surface area contributed by atoms with Crippen molar-refractivity contribution in [2.24, 2.45) is 4.99 Å². The molecule has 0 saturated carbocycles. The number of aliphatic imine (C=N–C) groups is 1. The molecule has 0 bridgehead atoms. The first-order valence-corrected chi connectivity index (χ1v) is 9.19. The Bertz CT molecular complexity index is 939. The molecule has 26 heavy (non-hydrogen) atoms. The SMILES string of the molecule is CC(=O)Oc1c(Br)cc(/C=C2/N=C(c3ccc(C)cc3)OC2=O)cc1Br. The second kappa shape index (κ2) is 7.55. The number of aryl methyl sites for hydroxylation is 1. The Kier molecular flexibility index (Phi) is 5.38. The molecular weight excluding hydrogens is 466 g/mol. The molecule has 0 spiro atoms. The molecule has 0 saturated heterocycles. The molecule has 5 nitrogen and oxygen atoms in total. The molecule has 0 radical (unpaired) electrons. The summed E-state index contributed by atoms with van der Waals surface area (Å²) in [4.78, 5) is 27.6. The van der Waals surface area contributed by atoms with Gasteiger partial charge in [-0.2, -0.15) is 0 Å². The highest BCUT2D eigenvalue weighted by Gasteiger charge is 2.24. The molecule has 0 amide bonds. The second-order valence-corrected chi connectivity index (χ2v) is 7.32. The number of nitrogens with zero attached hydrogens (tertiary/aromatic N) is 1. The normalized spacial score (nSPS) is 15.0. The van der Waals surface area contributed by atoms with Gasteiger partial charge < -0.3 is 9.47 Å². The number of hydrogen-bond donors (Lipinski definition) is 0. The number of benzene rings is 2. The number of carbonyl (C=O) groups excluding carboxylic acids is 2. The van der Waals surface area contributed by atoms with Crippen molar-refractivity contribution < 1.29 is 19.1 Å². The van der Waals surface area contributed by atoms with Crippen LogP contribution in [0.25, 0.3) is 6.08 Å². The molecule has 1 aliphatic heterocycles. The monoisotopic (exact) mass is 477 g/mol. The molecule has 0 aliphatic carbocycles. The van der Waals surface area contributed by atoms with Crippen LogP contribution in [0.2, 0.25) is 0 Å². The van der Waals surface area contributed by atoms with Gasteiger partial charge in [0.05, 0.1) is 8.95 Å². The second-order valence-electron chi connectivity index (χ2n) is 5.61. The van der Waals surface area contributed by atoms with Gasteiger partial charge in [-0.15, -0.1) is 0 Å². The molecule has 1 aliphatic rings. The van der Waals surface area contributed by atoms with Gasteiger partial charge in [-0.25, -0.2) is 9.79 Å². The molecule has 7 heteroatoms. The molecule has 0 unspecified atom stereocenters. The lowest BCUT2D eigenvalue weighted by Crippen LogP contribution is -2.05. The third kappa shape index (κ3) is 4.11. The van der Waals surface area contributed by atoms with Gasteiger partial charge in [0.1, 0.15) is 0 Å². The molecule has 0 atom stereocenters. The Hall–Kier alpha value is -2.25. The van der Waals surface area contributed by atoms with Crippen LogP contribution in [0.15, 0.2) is 56.0 Å². The van der Waals surface area contributed by atoms with Gasteiger partial charge in [0, 0.05) is 12.5 Å². The summed E-state index contributed by atoms with van der Waals surface area (Å²) >= 11 is 6.72. The quantitative estimate of drug-likeness (QED) is 0.361. The fraction of sp³-hybridized carbons (Fsp3) is 0.105. The van der Waals surface area contributed by atoms with Crippen molar-refractivity contribution in [3.8, 4) is 5.75 Å². The molecule has 1 heterocycles. The van der Waals surface area contributed by atoms with Crippen LogP contribution in [0.1, 0.15) is 23.6 Å². The van der Waals surface area contributed by atoms with Crippen LogP contribution >= 0.6 is 31.9 Å². The Morgan fingerprint density at radius 1 is 1.15 bits per heavy atom. The molecule has 3 rings (SSSR count). The summed E-state index contributed by atoms with van der Waals surface area (Å²) in [5.41, 5.74) is 2.73. The number of cyclic esters (lactones) is 1. The van der Waals surface area contributed by atoms with E-state index in [1.54, 1.807) is 18.2 Å². The minimum atomic E-state index is -0.517. The van der Waals surface area contributed by atoms with Crippen LogP contribution in [0.3, 0.4) is 0 Å². The Labute approximate surface area is 167 Å². The number of rotatable bonds is 3. The predicted molar refractivity (Wildman–Crippen MR) is 105 cm³/mol. The van der Waals surface area contributed by atoms with Crippen LogP contribution in [0, 0.1) is 6.92 Å². The maximum absolute atomic E-state index is 12.1. The summed E-state index contributed by atoms with van der Waals surface area (Å²) in [5, 5.41) is 0. The van der Waals surface area contributed by atoms with Crippen molar-refractivity contribution >= 4 is 55.8 Å². The Balaban J connectivity index is 1.93. The molecule has 0 fully saturated rings. The third-order valence-corrected chi connectivity index (χ3v) is 4.67. The zero-order valence-electron chi connectivity index (χ0n) is 13.9.